The van der Waals surface area contributed by atoms with E-state index in [-0.39, 0.29) is 12.4 Å². The first-order valence-electron chi connectivity index (χ1n) is 6.94. The van der Waals surface area contributed by atoms with Crippen molar-refractivity contribution in [3.05, 3.63) is 12.2 Å². The molecule has 1 unspecified atom stereocenters. The summed E-state index contributed by atoms with van der Waals surface area (Å²) >= 11 is 0. The molecular weight excluding hydrogens is 308 g/mol. The fourth-order valence-electron chi connectivity index (χ4n) is 1.00. The van der Waals surface area contributed by atoms with Gasteiger partial charge >= 0.3 is 6.16 Å². The number of ether oxygens (including phenoxy) is 2. The van der Waals surface area contributed by atoms with Gasteiger partial charge in [-0.1, -0.05) is 6.58 Å². The Morgan fingerprint density at radius 2 is 1.65 bits per heavy atom. The summed E-state index contributed by atoms with van der Waals surface area (Å²) in [6.45, 7) is 13.1. The standard InChI is InChI=1S/C13H22O6.C2H4O2/c1-7-16-10(11(14)9(2)3)8-17-12(15)18-19-13(4,5)6;1-2(3)4/h10H,2,7-8H2,1,3-6H3;1H3,(H,3,4). The van der Waals surface area contributed by atoms with Crippen LogP contribution in [-0.4, -0.2) is 47.9 Å². The zero-order valence-corrected chi connectivity index (χ0v) is 14.5. The van der Waals surface area contributed by atoms with Crippen molar-refractivity contribution in [3.8, 4) is 0 Å². The Morgan fingerprint density at radius 1 is 1.17 bits per heavy atom. The maximum atomic E-state index is 11.7. The lowest BCUT2D eigenvalue weighted by atomic mass is 10.1. The summed E-state index contributed by atoms with van der Waals surface area (Å²) in [5.74, 6) is -1.15. The highest BCUT2D eigenvalue weighted by Gasteiger charge is 2.23. The Balaban J connectivity index is 0. The van der Waals surface area contributed by atoms with Crippen molar-refractivity contribution < 1.29 is 38.7 Å². The number of ketones is 1. The van der Waals surface area contributed by atoms with E-state index in [1.54, 1.807) is 34.6 Å². The molecule has 0 amide bonds. The number of hydrogen-bond acceptors (Lipinski definition) is 7. The van der Waals surface area contributed by atoms with Crippen molar-refractivity contribution in [2.45, 2.75) is 53.2 Å². The van der Waals surface area contributed by atoms with E-state index in [9.17, 15) is 9.59 Å². The van der Waals surface area contributed by atoms with Crippen LogP contribution in [-0.2, 0) is 28.8 Å². The van der Waals surface area contributed by atoms with E-state index in [2.05, 4.69) is 11.5 Å². The normalized spacial score (nSPS) is 11.6. The summed E-state index contributed by atoms with van der Waals surface area (Å²) in [6.07, 6.45) is -1.89. The zero-order valence-electron chi connectivity index (χ0n) is 14.5. The Bertz CT molecular complexity index is 404. The van der Waals surface area contributed by atoms with E-state index in [1.165, 1.54) is 0 Å². The van der Waals surface area contributed by atoms with E-state index in [1.807, 2.05) is 0 Å². The summed E-state index contributed by atoms with van der Waals surface area (Å²) < 4.78 is 9.93. The number of carbonyl (C=O) groups is 3. The second-order valence-electron chi connectivity index (χ2n) is 5.45. The van der Waals surface area contributed by atoms with Crippen LogP contribution in [0.2, 0.25) is 0 Å². The number of hydrogen-bond donors (Lipinski definition) is 1. The molecule has 8 nitrogen and oxygen atoms in total. The third-order valence-electron chi connectivity index (χ3n) is 1.79. The molecule has 0 aliphatic heterocycles. The van der Waals surface area contributed by atoms with Crippen molar-refractivity contribution in [2.75, 3.05) is 13.2 Å². The molecule has 0 saturated carbocycles. The summed E-state index contributed by atoms with van der Waals surface area (Å²) in [5, 5.41) is 7.42. The zero-order chi connectivity index (χ0) is 18.6. The van der Waals surface area contributed by atoms with E-state index in [0.29, 0.717) is 12.2 Å². The molecule has 0 aliphatic carbocycles. The molecule has 0 aromatic rings. The van der Waals surface area contributed by atoms with Crippen LogP contribution in [0.25, 0.3) is 0 Å². The van der Waals surface area contributed by atoms with Gasteiger partial charge in [-0.15, -0.1) is 0 Å². The molecule has 0 radical (unpaired) electrons. The SMILES string of the molecule is C=C(C)C(=O)C(COC(=O)OOC(C)(C)C)OCC.CC(=O)O. The number of carboxylic acids is 1. The second-order valence-corrected chi connectivity index (χ2v) is 5.45. The molecule has 0 saturated heterocycles. The van der Waals surface area contributed by atoms with E-state index in [4.69, 9.17) is 24.3 Å². The Morgan fingerprint density at radius 3 is 2.00 bits per heavy atom. The Hall–Kier alpha value is -1.93. The molecule has 23 heavy (non-hydrogen) atoms. The fraction of sp³-hybridized carbons (Fsp3) is 0.667. The highest BCUT2D eigenvalue weighted by atomic mass is 17.2. The lowest BCUT2D eigenvalue weighted by molar-refractivity contribution is -0.312. The van der Waals surface area contributed by atoms with Gasteiger partial charge < -0.3 is 14.6 Å². The van der Waals surface area contributed by atoms with Crippen LogP contribution >= 0.6 is 0 Å². The molecule has 0 rings (SSSR count). The van der Waals surface area contributed by atoms with Crippen LogP contribution in [0.15, 0.2) is 12.2 Å². The van der Waals surface area contributed by atoms with Crippen molar-refractivity contribution >= 4 is 17.9 Å². The minimum atomic E-state index is -1.02. The quantitative estimate of drug-likeness (QED) is 0.327. The molecule has 0 bridgehead atoms. The van der Waals surface area contributed by atoms with Crippen LogP contribution in [0.4, 0.5) is 4.79 Å². The average molecular weight is 334 g/mol. The van der Waals surface area contributed by atoms with E-state index in [0.717, 1.165) is 6.92 Å². The molecular formula is C15H26O8. The van der Waals surface area contributed by atoms with E-state index >= 15 is 0 Å². The van der Waals surface area contributed by atoms with E-state index < -0.39 is 23.8 Å². The topological polar surface area (TPSA) is 108 Å². The monoisotopic (exact) mass is 334 g/mol. The molecule has 0 aromatic carbocycles. The van der Waals surface area contributed by atoms with Crippen LogP contribution in [0.1, 0.15) is 41.5 Å². The summed E-state index contributed by atoms with van der Waals surface area (Å²) in [6, 6.07) is 0. The Labute approximate surface area is 136 Å². The van der Waals surface area contributed by atoms with Crippen LogP contribution in [0.5, 0.6) is 0 Å². The average Bonchev–Trinajstić information content (AvgIpc) is 2.38. The predicted molar refractivity (Wildman–Crippen MR) is 81.8 cm³/mol. The third-order valence-corrected chi connectivity index (χ3v) is 1.79. The minimum absolute atomic E-state index is 0.244. The van der Waals surface area contributed by atoms with Gasteiger partial charge in [0.1, 0.15) is 12.2 Å². The lowest BCUT2D eigenvalue weighted by Crippen LogP contribution is -2.32. The number of rotatable bonds is 7. The third kappa shape index (κ3) is 16.3. The van der Waals surface area contributed by atoms with Gasteiger partial charge in [0.15, 0.2) is 11.9 Å². The van der Waals surface area contributed by atoms with Crippen molar-refractivity contribution in [1.29, 1.82) is 0 Å². The number of carbonyl (C=O) groups excluding carboxylic acids is 2. The largest absolute Gasteiger partial charge is 0.540 e. The van der Waals surface area contributed by atoms with Crippen molar-refractivity contribution in [2.24, 2.45) is 0 Å². The number of Topliss-reactive ketones (excluding diaryl/α,β-unsaturated/α-hetero) is 1. The maximum absolute atomic E-state index is 11.7. The fourth-order valence-corrected chi connectivity index (χ4v) is 1.00. The smallest absolute Gasteiger partial charge is 0.481 e. The molecule has 1 atom stereocenters. The molecule has 8 heteroatoms. The molecule has 0 aromatic heterocycles. The second kappa shape index (κ2) is 11.6. The lowest BCUT2D eigenvalue weighted by Gasteiger charge is -2.18. The molecule has 134 valence electrons. The highest BCUT2D eigenvalue weighted by Crippen LogP contribution is 2.08. The predicted octanol–water partition coefficient (Wildman–Crippen LogP) is 2.51. The first-order chi connectivity index (χ1) is 10.4. The molecule has 0 spiro atoms. The van der Waals surface area contributed by atoms with Gasteiger partial charge in [-0.2, -0.15) is 4.89 Å². The van der Waals surface area contributed by atoms with Crippen LogP contribution < -0.4 is 0 Å². The first kappa shape index (κ1) is 23.3. The van der Waals surface area contributed by atoms with Gasteiger partial charge in [-0.05, 0) is 40.2 Å². The Kier molecular flexibility index (Phi) is 11.8. The maximum Gasteiger partial charge on any atom is 0.540 e. The summed E-state index contributed by atoms with van der Waals surface area (Å²) in [4.78, 5) is 41.1. The molecule has 0 aliphatic rings. The summed E-state index contributed by atoms with van der Waals surface area (Å²) in [5.41, 5.74) is -0.298. The first-order valence-corrected chi connectivity index (χ1v) is 6.94. The van der Waals surface area contributed by atoms with Crippen LogP contribution in [0.3, 0.4) is 0 Å². The van der Waals surface area contributed by atoms with Crippen molar-refractivity contribution in [1.82, 2.24) is 0 Å². The van der Waals surface area contributed by atoms with Gasteiger partial charge in [-0.25, -0.2) is 4.79 Å². The van der Waals surface area contributed by atoms with Gasteiger partial charge in [0.05, 0.1) is 0 Å². The highest BCUT2D eigenvalue weighted by molar-refractivity contribution is 5.97. The van der Waals surface area contributed by atoms with Crippen molar-refractivity contribution in [3.63, 3.8) is 0 Å². The van der Waals surface area contributed by atoms with Gasteiger partial charge in [0, 0.05) is 13.5 Å². The molecule has 0 fully saturated rings. The van der Waals surface area contributed by atoms with Crippen LogP contribution in [0, 0.1) is 0 Å². The number of aliphatic carboxylic acids is 1. The number of carboxylic acid groups (broad SMARTS) is 1. The van der Waals surface area contributed by atoms with Gasteiger partial charge in [-0.3, -0.25) is 14.5 Å². The summed E-state index contributed by atoms with van der Waals surface area (Å²) in [7, 11) is 0. The molecule has 0 heterocycles. The molecule has 1 N–H and O–H groups in total. The van der Waals surface area contributed by atoms with Gasteiger partial charge in [0.25, 0.3) is 5.97 Å². The minimum Gasteiger partial charge on any atom is -0.481 e. The van der Waals surface area contributed by atoms with Gasteiger partial charge in [0.2, 0.25) is 0 Å².